The van der Waals surface area contributed by atoms with Gasteiger partial charge in [-0.2, -0.15) is 0 Å². The normalized spacial score (nSPS) is 10.7. The van der Waals surface area contributed by atoms with Gasteiger partial charge in [-0.1, -0.05) is 6.07 Å². The second kappa shape index (κ2) is 6.93. The van der Waals surface area contributed by atoms with E-state index in [2.05, 4.69) is 5.32 Å². The van der Waals surface area contributed by atoms with Crippen molar-refractivity contribution < 1.29 is 19.4 Å². The second-order valence-electron chi connectivity index (χ2n) is 4.88. The van der Waals surface area contributed by atoms with Crippen LogP contribution in [0.4, 0.5) is 5.69 Å². The van der Waals surface area contributed by atoms with E-state index in [0.29, 0.717) is 18.7 Å². The molecule has 0 aliphatic carbocycles. The molecular weight excluding hydrogens is 302 g/mol. The van der Waals surface area contributed by atoms with Crippen LogP contribution in [-0.2, 0) is 16.1 Å². The van der Waals surface area contributed by atoms with Crippen LogP contribution in [0.3, 0.4) is 0 Å². The van der Waals surface area contributed by atoms with Gasteiger partial charge in [0.15, 0.2) is 0 Å². The fraction of sp³-hybridized carbons (Fsp3) is 0.267. The van der Waals surface area contributed by atoms with Crippen molar-refractivity contribution in [2.45, 2.75) is 6.54 Å². The number of carboxylic acid groups (broad SMARTS) is 1. The topological polar surface area (TPSA) is 124 Å². The number of nitrogen functional groups attached to an aromatic ring is 1. The molecule has 2 rings (SSSR count). The van der Waals surface area contributed by atoms with Crippen molar-refractivity contribution in [1.29, 1.82) is 0 Å². The molecule has 8 heteroatoms. The first kappa shape index (κ1) is 16.5. The largest absolute Gasteiger partial charge is 0.480 e. The van der Waals surface area contributed by atoms with Crippen LogP contribution >= 0.6 is 0 Å². The molecule has 1 aromatic heterocycles. The lowest BCUT2D eigenvalue weighted by Crippen LogP contribution is -2.33. The van der Waals surface area contributed by atoms with Crippen LogP contribution in [0.15, 0.2) is 29.2 Å². The van der Waals surface area contributed by atoms with Crippen LogP contribution in [0.5, 0.6) is 0 Å². The van der Waals surface area contributed by atoms with Crippen LogP contribution in [0.2, 0.25) is 0 Å². The first-order valence-corrected chi connectivity index (χ1v) is 6.86. The van der Waals surface area contributed by atoms with Crippen LogP contribution in [0.25, 0.3) is 10.9 Å². The molecule has 1 amide bonds. The Bertz CT molecular complexity index is 813. The van der Waals surface area contributed by atoms with Crippen molar-refractivity contribution in [3.8, 4) is 0 Å². The Morgan fingerprint density at radius 1 is 1.39 bits per heavy atom. The molecule has 0 saturated carbocycles. The van der Waals surface area contributed by atoms with E-state index in [1.807, 2.05) is 0 Å². The fourth-order valence-corrected chi connectivity index (χ4v) is 2.25. The Balaban J connectivity index is 2.58. The number of hydrogen-bond donors (Lipinski definition) is 3. The van der Waals surface area contributed by atoms with Crippen molar-refractivity contribution >= 4 is 28.5 Å². The molecule has 0 atom stereocenters. The van der Waals surface area contributed by atoms with Crippen molar-refractivity contribution in [3.05, 3.63) is 40.2 Å². The number of rotatable bonds is 6. The molecule has 0 saturated heterocycles. The van der Waals surface area contributed by atoms with E-state index < -0.39 is 23.9 Å². The van der Waals surface area contributed by atoms with E-state index in [4.69, 9.17) is 15.6 Å². The summed E-state index contributed by atoms with van der Waals surface area (Å²) >= 11 is 0. The molecule has 0 spiro atoms. The summed E-state index contributed by atoms with van der Waals surface area (Å²) in [6, 6.07) is 5.01. The number of aliphatic carboxylic acids is 1. The predicted octanol–water partition coefficient (Wildman–Crippen LogP) is 0.0445. The summed E-state index contributed by atoms with van der Waals surface area (Å²) in [5.41, 5.74) is 6.02. The van der Waals surface area contributed by atoms with Gasteiger partial charge in [-0.15, -0.1) is 0 Å². The van der Waals surface area contributed by atoms with Gasteiger partial charge in [0.1, 0.15) is 12.1 Å². The zero-order chi connectivity index (χ0) is 17.0. The molecule has 0 unspecified atom stereocenters. The van der Waals surface area contributed by atoms with E-state index in [1.54, 1.807) is 29.9 Å². The third-order valence-electron chi connectivity index (χ3n) is 3.32. The third kappa shape index (κ3) is 3.49. The van der Waals surface area contributed by atoms with Gasteiger partial charge in [0, 0.05) is 25.5 Å². The number of nitrogens with one attached hydrogen (secondary N) is 1. The highest BCUT2D eigenvalue weighted by molar-refractivity contribution is 6.00. The molecule has 1 aromatic carbocycles. The van der Waals surface area contributed by atoms with Crippen molar-refractivity contribution in [3.63, 3.8) is 0 Å². The zero-order valence-corrected chi connectivity index (χ0v) is 12.5. The van der Waals surface area contributed by atoms with Gasteiger partial charge in [-0.3, -0.25) is 14.4 Å². The molecule has 2 aromatic rings. The SMILES string of the molecule is COCCn1cc(C(=O)NCC(=O)O)c(=O)c2c(N)cccc21. The van der Waals surface area contributed by atoms with E-state index in [0.717, 1.165) is 0 Å². The first-order chi connectivity index (χ1) is 11.0. The summed E-state index contributed by atoms with van der Waals surface area (Å²) in [4.78, 5) is 35.2. The minimum atomic E-state index is -1.20. The number of fused-ring (bicyclic) bond motifs is 1. The standard InChI is InChI=1S/C15H17N3O5/c1-23-6-5-18-8-9(15(22)17-7-12(19)20)14(21)13-10(16)3-2-4-11(13)18/h2-4,8H,5-7,16H2,1H3,(H,17,22)(H,19,20). The van der Waals surface area contributed by atoms with Crippen molar-refractivity contribution in [2.24, 2.45) is 0 Å². The van der Waals surface area contributed by atoms with Gasteiger partial charge in [0.05, 0.1) is 17.5 Å². The highest BCUT2D eigenvalue weighted by atomic mass is 16.5. The molecule has 8 nitrogen and oxygen atoms in total. The highest BCUT2D eigenvalue weighted by Crippen LogP contribution is 2.18. The molecule has 0 aliphatic rings. The highest BCUT2D eigenvalue weighted by Gasteiger charge is 2.17. The molecule has 0 bridgehead atoms. The average molecular weight is 319 g/mol. The molecule has 122 valence electrons. The van der Waals surface area contributed by atoms with Crippen LogP contribution < -0.4 is 16.5 Å². The minimum Gasteiger partial charge on any atom is -0.480 e. The van der Waals surface area contributed by atoms with Crippen molar-refractivity contribution in [1.82, 2.24) is 9.88 Å². The summed E-state index contributed by atoms with van der Waals surface area (Å²) in [6.07, 6.45) is 1.39. The fourth-order valence-electron chi connectivity index (χ4n) is 2.25. The monoisotopic (exact) mass is 319 g/mol. The molecule has 23 heavy (non-hydrogen) atoms. The second-order valence-corrected chi connectivity index (χ2v) is 4.88. The lowest BCUT2D eigenvalue weighted by atomic mass is 10.1. The van der Waals surface area contributed by atoms with Gasteiger partial charge in [0.2, 0.25) is 5.43 Å². The maximum atomic E-state index is 12.5. The maximum Gasteiger partial charge on any atom is 0.322 e. The number of aromatic nitrogens is 1. The smallest absolute Gasteiger partial charge is 0.322 e. The number of carbonyl (C=O) groups excluding carboxylic acids is 1. The molecule has 0 aliphatic heterocycles. The zero-order valence-electron chi connectivity index (χ0n) is 12.5. The molecule has 0 fully saturated rings. The number of ether oxygens (including phenoxy) is 1. The van der Waals surface area contributed by atoms with Gasteiger partial charge in [0.25, 0.3) is 5.91 Å². The van der Waals surface area contributed by atoms with Crippen LogP contribution in [-0.4, -0.2) is 41.8 Å². The number of anilines is 1. The van der Waals surface area contributed by atoms with Gasteiger partial charge in [-0.25, -0.2) is 0 Å². The van der Waals surface area contributed by atoms with Gasteiger partial charge >= 0.3 is 5.97 Å². The summed E-state index contributed by atoms with van der Waals surface area (Å²) in [7, 11) is 1.54. The number of hydrogen-bond acceptors (Lipinski definition) is 5. The number of carbonyl (C=O) groups is 2. The molecule has 1 heterocycles. The summed E-state index contributed by atoms with van der Waals surface area (Å²) in [5, 5.41) is 11.0. The minimum absolute atomic E-state index is 0.159. The number of nitrogens with two attached hydrogens (primary N) is 1. The van der Waals surface area contributed by atoms with Crippen LogP contribution in [0, 0.1) is 0 Å². The first-order valence-electron chi connectivity index (χ1n) is 6.86. The maximum absolute atomic E-state index is 12.5. The lowest BCUT2D eigenvalue weighted by Gasteiger charge is -2.14. The van der Waals surface area contributed by atoms with Crippen LogP contribution in [0.1, 0.15) is 10.4 Å². The number of carboxylic acids is 1. The van der Waals surface area contributed by atoms with Crippen molar-refractivity contribution in [2.75, 3.05) is 26.0 Å². The van der Waals surface area contributed by atoms with Gasteiger partial charge < -0.3 is 25.5 Å². The Hall–Kier alpha value is -2.87. The number of pyridine rings is 1. The number of benzene rings is 1. The Morgan fingerprint density at radius 2 is 2.13 bits per heavy atom. The Labute approximate surface area is 131 Å². The summed E-state index contributed by atoms with van der Waals surface area (Å²) in [5.74, 6) is -1.95. The Kier molecular flexibility index (Phi) is 4.97. The third-order valence-corrected chi connectivity index (χ3v) is 3.32. The predicted molar refractivity (Wildman–Crippen MR) is 84.5 cm³/mol. The lowest BCUT2D eigenvalue weighted by molar-refractivity contribution is -0.135. The average Bonchev–Trinajstić information content (AvgIpc) is 2.52. The quantitative estimate of drug-likeness (QED) is 0.646. The number of amides is 1. The Morgan fingerprint density at radius 3 is 2.78 bits per heavy atom. The van der Waals surface area contributed by atoms with E-state index >= 15 is 0 Å². The molecule has 4 N–H and O–H groups in total. The van der Waals surface area contributed by atoms with E-state index in [-0.39, 0.29) is 16.6 Å². The van der Waals surface area contributed by atoms with E-state index in [9.17, 15) is 14.4 Å². The molecular formula is C15H17N3O5. The number of nitrogens with zero attached hydrogens (tertiary/aromatic N) is 1. The van der Waals surface area contributed by atoms with Gasteiger partial charge in [-0.05, 0) is 12.1 Å². The summed E-state index contributed by atoms with van der Waals surface area (Å²) < 4.78 is 6.71. The number of methoxy groups -OCH3 is 1. The molecule has 0 radical (unpaired) electrons. The summed E-state index contributed by atoms with van der Waals surface area (Å²) in [6.45, 7) is 0.220. The van der Waals surface area contributed by atoms with E-state index in [1.165, 1.54) is 6.20 Å².